The average Bonchev–Trinajstić information content (AvgIpc) is 2.93. The largest absolute Gasteiger partial charge is 0.483 e. The lowest BCUT2D eigenvalue weighted by Gasteiger charge is -2.07. The molecule has 0 bridgehead atoms. The first-order chi connectivity index (χ1) is 10.1. The number of carbonyl (C=O) groups is 1. The Morgan fingerprint density at radius 2 is 2.24 bits per heavy atom. The van der Waals surface area contributed by atoms with Crippen LogP contribution in [0.1, 0.15) is 10.5 Å². The van der Waals surface area contributed by atoms with Crippen molar-refractivity contribution in [3.05, 3.63) is 58.8 Å². The predicted molar refractivity (Wildman–Crippen MR) is 76.9 cm³/mol. The van der Waals surface area contributed by atoms with Gasteiger partial charge in [-0.25, -0.2) is 13.9 Å². The van der Waals surface area contributed by atoms with Crippen LogP contribution in [0, 0.1) is 5.82 Å². The number of rotatable bonds is 4. The Morgan fingerprint density at radius 1 is 1.38 bits per heavy atom. The van der Waals surface area contributed by atoms with Gasteiger partial charge in [0.05, 0.1) is 12.4 Å². The zero-order valence-corrected chi connectivity index (χ0v) is 12.2. The summed E-state index contributed by atoms with van der Waals surface area (Å²) in [4.78, 5) is 15.7. The third-order valence-corrected chi connectivity index (χ3v) is 3.24. The summed E-state index contributed by atoms with van der Waals surface area (Å²) in [5.41, 5.74) is 0.911. The van der Waals surface area contributed by atoms with Gasteiger partial charge in [-0.1, -0.05) is 0 Å². The molecular formula is C14H9BrFN3O2. The van der Waals surface area contributed by atoms with Crippen LogP contribution in [0.15, 0.2) is 47.3 Å². The standard InChI is InChI=1S/C14H9BrFN3O2/c15-9-5-14(12-3-4-18-19(12)7-9)21-8-13(20)11-2-1-10(16)6-17-11/h1-7H,8H2. The molecule has 0 saturated heterocycles. The van der Waals surface area contributed by atoms with E-state index < -0.39 is 5.82 Å². The van der Waals surface area contributed by atoms with E-state index in [9.17, 15) is 9.18 Å². The highest BCUT2D eigenvalue weighted by molar-refractivity contribution is 9.10. The Bertz CT molecular complexity index is 802. The third kappa shape index (κ3) is 2.92. The molecule has 0 aliphatic heterocycles. The summed E-state index contributed by atoms with van der Waals surface area (Å²) in [6, 6.07) is 6.05. The number of ketones is 1. The first-order valence-electron chi connectivity index (χ1n) is 6.04. The predicted octanol–water partition coefficient (Wildman–Crippen LogP) is 2.89. The van der Waals surface area contributed by atoms with Crippen molar-refractivity contribution in [3.63, 3.8) is 0 Å². The fraction of sp³-hybridized carbons (Fsp3) is 0.0714. The lowest BCUT2D eigenvalue weighted by molar-refractivity contribution is 0.0917. The maximum atomic E-state index is 12.8. The SMILES string of the molecule is O=C(COc1cc(Br)cn2nccc12)c1ccc(F)cn1. The third-order valence-electron chi connectivity index (χ3n) is 2.81. The van der Waals surface area contributed by atoms with Crippen molar-refractivity contribution in [2.24, 2.45) is 0 Å². The van der Waals surface area contributed by atoms with E-state index in [1.807, 2.05) is 0 Å². The second-order valence-corrected chi connectivity index (χ2v) is 5.17. The highest BCUT2D eigenvalue weighted by Gasteiger charge is 2.11. The van der Waals surface area contributed by atoms with Crippen LogP contribution in [0.3, 0.4) is 0 Å². The van der Waals surface area contributed by atoms with Gasteiger partial charge in [0.25, 0.3) is 0 Å². The van der Waals surface area contributed by atoms with Crippen LogP contribution in [-0.4, -0.2) is 27.0 Å². The van der Waals surface area contributed by atoms with E-state index in [4.69, 9.17) is 4.74 Å². The van der Waals surface area contributed by atoms with Crippen molar-refractivity contribution in [1.82, 2.24) is 14.6 Å². The monoisotopic (exact) mass is 349 g/mol. The molecule has 0 saturated carbocycles. The molecule has 0 aromatic carbocycles. The topological polar surface area (TPSA) is 56.5 Å². The minimum atomic E-state index is -0.486. The Hall–Kier alpha value is -2.28. The van der Waals surface area contributed by atoms with Crippen molar-refractivity contribution in [2.75, 3.05) is 6.61 Å². The van der Waals surface area contributed by atoms with Gasteiger partial charge in [-0.2, -0.15) is 5.10 Å². The van der Waals surface area contributed by atoms with E-state index >= 15 is 0 Å². The molecule has 0 radical (unpaired) electrons. The van der Waals surface area contributed by atoms with Crippen LogP contribution in [0.4, 0.5) is 4.39 Å². The summed E-state index contributed by atoms with van der Waals surface area (Å²) < 4.78 is 20.7. The van der Waals surface area contributed by atoms with E-state index in [1.54, 1.807) is 29.0 Å². The highest BCUT2D eigenvalue weighted by Crippen LogP contribution is 2.24. The molecule has 0 unspecified atom stereocenters. The van der Waals surface area contributed by atoms with Gasteiger partial charge in [0.15, 0.2) is 6.61 Å². The van der Waals surface area contributed by atoms with E-state index in [0.29, 0.717) is 5.75 Å². The number of hydrogen-bond donors (Lipinski definition) is 0. The van der Waals surface area contributed by atoms with Crippen molar-refractivity contribution >= 4 is 27.2 Å². The molecule has 0 atom stereocenters. The fourth-order valence-corrected chi connectivity index (χ4v) is 2.24. The van der Waals surface area contributed by atoms with E-state index in [-0.39, 0.29) is 18.1 Å². The summed E-state index contributed by atoms with van der Waals surface area (Å²) >= 11 is 3.35. The number of halogens is 2. The number of carbonyl (C=O) groups excluding carboxylic acids is 1. The van der Waals surface area contributed by atoms with Crippen molar-refractivity contribution in [2.45, 2.75) is 0 Å². The zero-order valence-electron chi connectivity index (χ0n) is 10.7. The van der Waals surface area contributed by atoms with E-state index in [0.717, 1.165) is 16.2 Å². The van der Waals surface area contributed by atoms with Crippen molar-refractivity contribution < 1.29 is 13.9 Å². The van der Waals surface area contributed by atoms with E-state index in [2.05, 4.69) is 26.0 Å². The van der Waals surface area contributed by atoms with Gasteiger partial charge in [-0.05, 0) is 40.2 Å². The Balaban J connectivity index is 1.78. The summed E-state index contributed by atoms with van der Waals surface area (Å²) in [6.07, 6.45) is 4.42. The molecule has 3 aromatic rings. The van der Waals surface area contributed by atoms with Gasteiger partial charge in [0.1, 0.15) is 22.8 Å². The van der Waals surface area contributed by atoms with Gasteiger partial charge in [-0.3, -0.25) is 4.79 Å². The summed E-state index contributed by atoms with van der Waals surface area (Å²) in [5.74, 6) is -0.287. The lowest BCUT2D eigenvalue weighted by Crippen LogP contribution is -2.13. The molecule has 106 valence electrons. The highest BCUT2D eigenvalue weighted by atomic mass is 79.9. The second kappa shape index (κ2) is 5.61. The smallest absolute Gasteiger partial charge is 0.218 e. The molecule has 0 N–H and O–H groups in total. The molecule has 3 heterocycles. The van der Waals surface area contributed by atoms with Crippen LogP contribution >= 0.6 is 15.9 Å². The van der Waals surface area contributed by atoms with Crippen molar-refractivity contribution in [1.29, 1.82) is 0 Å². The van der Waals surface area contributed by atoms with Gasteiger partial charge in [-0.15, -0.1) is 0 Å². The molecule has 7 heteroatoms. The minimum Gasteiger partial charge on any atom is -0.483 e. The minimum absolute atomic E-state index is 0.163. The molecule has 0 fully saturated rings. The molecule has 0 aliphatic carbocycles. The van der Waals surface area contributed by atoms with Crippen LogP contribution in [-0.2, 0) is 0 Å². The fourth-order valence-electron chi connectivity index (χ4n) is 1.84. The molecule has 0 spiro atoms. The zero-order chi connectivity index (χ0) is 14.8. The molecule has 21 heavy (non-hydrogen) atoms. The average molecular weight is 350 g/mol. The quantitative estimate of drug-likeness (QED) is 0.679. The maximum Gasteiger partial charge on any atom is 0.218 e. The lowest BCUT2D eigenvalue weighted by atomic mass is 10.2. The first-order valence-corrected chi connectivity index (χ1v) is 6.83. The van der Waals surface area contributed by atoms with Gasteiger partial charge >= 0.3 is 0 Å². The molecule has 0 aliphatic rings. The second-order valence-electron chi connectivity index (χ2n) is 4.26. The van der Waals surface area contributed by atoms with Crippen LogP contribution in [0.25, 0.3) is 5.52 Å². The molecule has 3 rings (SSSR count). The number of ether oxygens (including phenoxy) is 1. The Labute approximate surface area is 127 Å². The maximum absolute atomic E-state index is 12.8. The molecular weight excluding hydrogens is 341 g/mol. The van der Waals surface area contributed by atoms with Crippen LogP contribution in [0.2, 0.25) is 0 Å². The van der Waals surface area contributed by atoms with Gasteiger partial charge in [0.2, 0.25) is 5.78 Å². The number of aromatic nitrogens is 3. The van der Waals surface area contributed by atoms with Gasteiger partial charge < -0.3 is 4.74 Å². The van der Waals surface area contributed by atoms with Crippen LogP contribution in [0.5, 0.6) is 5.75 Å². The number of Topliss-reactive ketones (excluding diaryl/α,β-unsaturated/α-hetero) is 1. The summed E-state index contributed by atoms with van der Waals surface area (Å²) in [6.45, 7) is -0.185. The molecule has 0 amide bonds. The molecule has 5 nitrogen and oxygen atoms in total. The Kier molecular flexibility index (Phi) is 3.66. The number of hydrogen-bond acceptors (Lipinski definition) is 4. The number of pyridine rings is 2. The van der Waals surface area contributed by atoms with E-state index in [1.165, 1.54) is 12.1 Å². The number of fused-ring (bicyclic) bond motifs is 1. The number of nitrogens with zero attached hydrogens (tertiary/aromatic N) is 3. The summed E-state index contributed by atoms with van der Waals surface area (Å²) in [5, 5.41) is 4.10. The normalized spacial score (nSPS) is 10.8. The molecule has 3 aromatic heterocycles. The Morgan fingerprint density at radius 3 is 3.00 bits per heavy atom. The van der Waals surface area contributed by atoms with Gasteiger partial charge in [0, 0.05) is 10.7 Å². The van der Waals surface area contributed by atoms with Crippen molar-refractivity contribution in [3.8, 4) is 5.75 Å². The summed E-state index contributed by atoms with van der Waals surface area (Å²) in [7, 11) is 0. The van der Waals surface area contributed by atoms with Crippen LogP contribution < -0.4 is 4.74 Å². The first kappa shape index (κ1) is 13.7.